The topological polar surface area (TPSA) is 75.3 Å². The van der Waals surface area contributed by atoms with Gasteiger partial charge in [-0.15, -0.1) is 0 Å². The Labute approximate surface area is 113 Å². The molecule has 1 fully saturated rings. The van der Waals surface area contributed by atoms with Crippen LogP contribution >= 0.6 is 0 Å². The number of amides is 1. The third-order valence-electron chi connectivity index (χ3n) is 3.41. The average molecular weight is 282 g/mol. The molecular formula is C13H18N2O3S. The summed E-state index contributed by atoms with van der Waals surface area (Å²) in [6.07, 6.45) is 4.01. The molecule has 19 heavy (non-hydrogen) atoms. The van der Waals surface area contributed by atoms with Gasteiger partial charge in [-0.25, -0.2) is 13.1 Å². The van der Waals surface area contributed by atoms with Gasteiger partial charge in [0.25, 0.3) is 0 Å². The molecule has 104 valence electrons. The second-order valence-corrected chi connectivity index (χ2v) is 6.59. The van der Waals surface area contributed by atoms with Crippen LogP contribution in [0.3, 0.4) is 0 Å². The van der Waals surface area contributed by atoms with Crippen molar-refractivity contribution < 1.29 is 13.2 Å². The summed E-state index contributed by atoms with van der Waals surface area (Å²) in [5.74, 6) is 0.0427. The van der Waals surface area contributed by atoms with Crippen LogP contribution in [0.15, 0.2) is 29.2 Å². The summed E-state index contributed by atoms with van der Waals surface area (Å²) in [5, 5.41) is 2.79. The van der Waals surface area contributed by atoms with Gasteiger partial charge in [-0.1, -0.05) is 18.9 Å². The Hall–Kier alpha value is -1.40. The summed E-state index contributed by atoms with van der Waals surface area (Å²) in [6.45, 7) is 0. The van der Waals surface area contributed by atoms with Gasteiger partial charge in [-0.2, -0.15) is 0 Å². The summed E-state index contributed by atoms with van der Waals surface area (Å²) < 4.78 is 25.6. The van der Waals surface area contributed by atoms with Crippen LogP contribution in [-0.2, 0) is 14.8 Å². The van der Waals surface area contributed by atoms with Crippen molar-refractivity contribution in [1.29, 1.82) is 0 Å². The SMILES string of the molecule is CNS(=O)(=O)c1cccc(NC(=O)C2CCCC2)c1. The molecule has 2 N–H and O–H groups in total. The van der Waals surface area contributed by atoms with E-state index in [2.05, 4.69) is 10.0 Å². The Morgan fingerprint density at radius 3 is 2.58 bits per heavy atom. The van der Waals surface area contributed by atoms with Crippen LogP contribution in [0.1, 0.15) is 25.7 Å². The predicted octanol–water partition coefficient (Wildman–Crippen LogP) is 1.72. The third-order valence-corrected chi connectivity index (χ3v) is 4.82. The van der Waals surface area contributed by atoms with E-state index < -0.39 is 10.0 Å². The molecule has 1 amide bonds. The summed E-state index contributed by atoms with van der Waals surface area (Å²) in [7, 11) is -2.12. The average Bonchev–Trinajstić information content (AvgIpc) is 2.93. The minimum absolute atomic E-state index is 0.0171. The van der Waals surface area contributed by atoms with Gasteiger partial charge in [0.15, 0.2) is 0 Å². The van der Waals surface area contributed by atoms with Crippen molar-refractivity contribution in [1.82, 2.24) is 4.72 Å². The van der Waals surface area contributed by atoms with Gasteiger partial charge in [0.1, 0.15) is 0 Å². The zero-order valence-corrected chi connectivity index (χ0v) is 11.7. The minimum Gasteiger partial charge on any atom is -0.326 e. The van der Waals surface area contributed by atoms with Gasteiger partial charge in [0.2, 0.25) is 15.9 Å². The molecule has 0 heterocycles. The number of rotatable bonds is 4. The zero-order chi connectivity index (χ0) is 13.9. The largest absolute Gasteiger partial charge is 0.326 e. The van der Waals surface area contributed by atoms with Crippen LogP contribution in [-0.4, -0.2) is 21.4 Å². The molecule has 0 saturated heterocycles. The second kappa shape index (κ2) is 5.71. The molecule has 6 heteroatoms. The van der Waals surface area contributed by atoms with Crippen molar-refractivity contribution in [2.24, 2.45) is 5.92 Å². The van der Waals surface area contributed by atoms with Gasteiger partial charge in [-0.3, -0.25) is 4.79 Å². The summed E-state index contributed by atoms with van der Waals surface area (Å²) in [4.78, 5) is 12.1. The monoisotopic (exact) mass is 282 g/mol. The Kier molecular flexibility index (Phi) is 4.21. The molecule has 2 rings (SSSR count). The number of hydrogen-bond acceptors (Lipinski definition) is 3. The zero-order valence-electron chi connectivity index (χ0n) is 10.8. The van der Waals surface area contributed by atoms with E-state index in [0.29, 0.717) is 5.69 Å². The van der Waals surface area contributed by atoms with Gasteiger partial charge < -0.3 is 5.32 Å². The second-order valence-electron chi connectivity index (χ2n) is 4.71. The van der Waals surface area contributed by atoms with E-state index in [0.717, 1.165) is 25.7 Å². The molecule has 1 aromatic carbocycles. The first kappa shape index (κ1) is 14.0. The lowest BCUT2D eigenvalue weighted by atomic mass is 10.1. The third kappa shape index (κ3) is 3.33. The quantitative estimate of drug-likeness (QED) is 0.883. The van der Waals surface area contributed by atoms with Crippen molar-refractivity contribution in [3.63, 3.8) is 0 Å². The number of anilines is 1. The Balaban J connectivity index is 2.13. The fourth-order valence-corrected chi connectivity index (χ4v) is 3.07. The van der Waals surface area contributed by atoms with Crippen LogP contribution < -0.4 is 10.0 Å². The number of sulfonamides is 1. The molecular weight excluding hydrogens is 264 g/mol. The fraction of sp³-hybridized carbons (Fsp3) is 0.462. The van der Waals surface area contributed by atoms with Crippen molar-refractivity contribution in [3.05, 3.63) is 24.3 Å². The molecule has 1 saturated carbocycles. The van der Waals surface area contributed by atoms with Crippen LogP contribution in [0.4, 0.5) is 5.69 Å². The van der Waals surface area contributed by atoms with Gasteiger partial charge in [-0.05, 0) is 38.1 Å². The van der Waals surface area contributed by atoms with Crippen molar-refractivity contribution in [2.45, 2.75) is 30.6 Å². The van der Waals surface area contributed by atoms with E-state index in [9.17, 15) is 13.2 Å². The van der Waals surface area contributed by atoms with E-state index in [4.69, 9.17) is 0 Å². The van der Waals surface area contributed by atoms with E-state index in [-0.39, 0.29) is 16.7 Å². The van der Waals surface area contributed by atoms with Crippen LogP contribution in [0.2, 0.25) is 0 Å². The number of nitrogens with one attached hydrogen (secondary N) is 2. The first-order valence-corrected chi connectivity index (χ1v) is 7.86. The highest BCUT2D eigenvalue weighted by molar-refractivity contribution is 7.89. The predicted molar refractivity (Wildman–Crippen MR) is 73.3 cm³/mol. The Morgan fingerprint density at radius 2 is 1.95 bits per heavy atom. The lowest BCUT2D eigenvalue weighted by Crippen LogP contribution is -2.21. The van der Waals surface area contributed by atoms with Gasteiger partial charge in [0, 0.05) is 11.6 Å². The molecule has 5 nitrogen and oxygen atoms in total. The minimum atomic E-state index is -3.48. The lowest BCUT2D eigenvalue weighted by molar-refractivity contribution is -0.119. The number of carbonyl (C=O) groups is 1. The van der Waals surface area contributed by atoms with Crippen molar-refractivity contribution in [3.8, 4) is 0 Å². The van der Waals surface area contributed by atoms with E-state index in [1.807, 2.05) is 0 Å². The molecule has 1 aliphatic carbocycles. The maximum absolute atomic E-state index is 12.0. The summed E-state index contributed by atoms with van der Waals surface area (Å²) in [5.41, 5.74) is 0.522. The van der Waals surface area contributed by atoms with Crippen LogP contribution in [0.5, 0.6) is 0 Å². The molecule has 0 aromatic heterocycles. The lowest BCUT2D eigenvalue weighted by Gasteiger charge is -2.11. The maximum atomic E-state index is 12.0. The number of carbonyl (C=O) groups excluding carboxylic acids is 1. The maximum Gasteiger partial charge on any atom is 0.240 e. The molecule has 0 radical (unpaired) electrons. The van der Waals surface area contributed by atoms with Crippen molar-refractivity contribution in [2.75, 3.05) is 12.4 Å². The van der Waals surface area contributed by atoms with Gasteiger partial charge >= 0.3 is 0 Å². The molecule has 1 aromatic rings. The molecule has 1 aliphatic rings. The van der Waals surface area contributed by atoms with E-state index in [1.54, 1.807) is 12.1 Å². The molecule has 0 bridgehead atoms. The Bertz CT molecular complexity index is 563. The smallest absolute Gasteiger partial charge is 0.240 e. The Morgan fingerprint density at radius 1 is 1.26 bits per heavy atom. The molecule has 0 aliphatic heterocycles. The highest BCUT2D eigenvalue weighted by Crippen LogP contribution is 2.26. The van der Waals surface area contributed by atoms with E-state index >= 15 is 0 Å². The first-order chi connectivity index (χ1) is 9.03. The van der Waals surface area contributed by atoms with Crippen molar-refractivity contribution >= 4 is 21.6 Å². The van der Waals surface area contributed by atoms with Crippen LogP contribution in [0.25, 0.3) is 0 Å². The first-order valence-electron chi connectivity index (χ1n) is 6.37. The highest BCUT2D eigenvalue weighted by Gasteiger charge is 2.22. The highest BCUT2D eigenvalue weighted by atomic mass is 32.2. The van der Waals surface area contributed by atoms with E-state index in [1.165, 1.54) is 19.2 Å². The standard InChI is InChI=1S/C13H18N2O3S/c1-14-19(17,18)12-8-4-7-11(9-12)15-13(16)10-5-2-3-6-10/h4,7-10,14H,2-3,5-6H2,1H3,(H,15,16). The van der Waals surface area contributed by atoms with Crippen LogP contribution in [0, 0.1) is 5.92 Å². The van der Waals surface area contributed by atoms with Gasteiger partial charge in [0.05, 0.1) is 4.90 Å². The molecule has 0 spiro atoms. The number of hydrogen-bond donors (Lipinski definition) is 2. The molecule has 0 unspecified atom stereocenters. The summed E-state index contributed by atoms with van der Waals surface area (Å²) >= 11 is 0. The number of benzene rings is 1. The molecule has 0 atom stereocenters. The fourth-order valence-electron chi connectivity index (χ4n) is 2.29. The summed E-state index contributed by atoms with van der Waals surface area (Å²) in [6, 6.07) is 6.28. The normalized spacial score (nSPS) is 16.5.